The first kappa shape index (κ1) is 17.8. The molecule has 3 rings (SSSR count). The lowest BCUT2D eigenvalue weighted by atomic mass is 10.1. The molecule has 1 fully saturated rings. The van der Waals surface area contributed by atoms with Crippen molar-refractivity contribution in [2.75, 3.05) is 27.2 Å². The highest BCUT2D eigenvalue weighted by molar-refractivity contribution is 6.08. The van der Waals surface area contributed by atoms with E-state index in [0.29, 0.717) is 6.54 Å². The summed E-state index contributed by atoms with van der Waals surface area (Å²) in [7, 11) is 3.79. The van der Waals surface area contributed by atoms with Crippen LogP contribution in [0.3, 0.4) is 0 Å². The Hall–Kier alpha value is -2.01. The number of amides is 1. The van der Waals surface area contributed by atoms with Crippen LogP contribution in [-0.4, -0.2) is 48.7 Å². The van der Waals surface area contributed by atoms with Gasteiger partial charge in [-0.1, -0.05) is 6.92 Å². The fraction of sp³-hybridized carbons (Fsp3) is 0.550. The smallest absolute Gasteiger partial charge is 0.253 e. The Morgan fingerprint density at radius 2 is 2.16 bits per heavy atom. The highest BCUT2D eigenvalue weighted by Gasteiger charge is 2.26. The standard InChI is InChI=1S/C20H29N3O2/c1-5-11-23-14(2)19(17-13-16(25-4)8-9-18(17)23)20(24)21-10-12-22(3)15-6-7-15/h8-9,13,15H,5-7,10-12H2,1-4H3,(H,21,24). The van der Waals surface area contributed by atoms with Gasteiger partial charge in [0.15, 0.2) is 0 Å². The number of fused-ring (bicyclic) bond motifs is 1. The topological polar surface area (TPSA) is 46.5 Å². The zero-order valence-electron chi connectivity index (χ0n) is 15.8. The second kappa shape index (κ2) is 7.48. The number of nitrogens with one attached hydrogen (secondary N) is 1. The van der Waals surface area contributed by atoms with E-state index in [-0.39, 0.29) is 5.91 Å². The lowest BCUT2D eigenvalue weighted by Gasteiger charge is -2.15. The zero-order valence-corrected chi connectivity index (χ0v) is 15.8. The Morgan fingerprint density at radius 3 is 2.80 bits per heavy atom. The zero-order chi connectivity index (χ0) is 18.0. The Morgan fingerprint density at radius 1 is 1.40 bits per heavy atom. The largest absolute Gasteiger partial charge is 0.497 e. The van der Waals surface area contributed by atoms with Gasteiger partial charge in [-0.15, -0.1) is 0 Å². The van der Waals surface area contributed by atoms with Crippen molar-refractivity contribution >= 4 is 16.8 Å². The summed E-state index contributed by atoms with van der Waals surface area (Å²) in [5.41, 5.74) is 2.90. The van der Waals surface area contributed by atoms with Gasteiger partial charge in [0.05, 0.1) is 12.7 Å². The van der Waals surface area contributed by atoms with Gasteiger partial charge in [0.25, 0.3) is 5.91 Å². The van der Waals surface area contributed by atoms with Crippen LogP contribution in [0.4, 0.5) is 0 Å². The first-order valence-corrected chi connectivity index (χ1v) is 9.22. The van der Waals surface area contributed by atoms with E-state index in [4.69, 9.17) is 4.74 Å². The van der Waals surface area contributed by atoms with Crippen molar-refractivity contribution in [2.45, 2.75) is 45.7 Å². The Labute approximate surface area is 149 Å². The molecule has 0 saturated heterocycles. The highest BCUT2D eigenvalue weighted by atomic mass is 16.5. The van der Waals surface area contributed by atoms with E-state index >= 15 is 0 Å². The molecule has 1 saturated carbocycles. The molecule has 1 aromatic heterocycles. The van der Waals surface area contributed by atoms with E-state index in [1.54, 1.807) is 7.11 Å². The van der Waals surface area contributed by atoms with Gasteiger partial charge in [-0.05, 0) is 51.4 Å². The van der Waals surface area contributed by atoms with Crippen LogP contribution in [0.25, 0.3) is 10.9 Å². The predicted octanol–water partition coefficient (Wildman–Crippen LogP) is 3.19. The maximum Gasteiger partial charge on any atom is 0.253 e. The molecule has 0 unspecified atom stereocenters. The molecule has 0 bridgehead atoms. The van der Waals surface area contributed by atoms with E-state index < -0.39 is 0 Å². The molecule has 0 aliphatic heterocycles. The summed E-state index contributed by atoms with van der Waals surface area (Å²) >= 11 is 0. The molecule has 5 heteroatoms. The summed E-state index contributed by atoms with van der Waals surface area (Å²) in [6.45, 7) is 6.67. The number of carbonyl (C=O) groups excluding carboxylic acids is 1. The van der Waals surface area contributed by atoms with Crippen LogP contribution in [0, 0.1) is 6.92 Å². The molecule has 1 aromatic carbocycles. The minimum absolute atomic E-state index is 0.00908. The van der Waals surface area contributed by atoms with Gasteiger partial charge in [-0.2, -0.15) is 0 Å². The number of hydrogen-bond donors (Lipinski definition) is 1. The Kier molecular flexibility index (Phi) is 5.33. The molecule has 136 valence electrons. The average molecular weight is 343 g/mol. The maximum absolute atomic E-state index is 12.9. The number of aryl methyl sites for hydroxylation is 1. The fourth-order valence-corrected chi connectivity index (χ4v) is 3.52. The van der Waals surface area contributed by atoms with Gasteiger partial charge in [0.2, 0.25) is 0 Å². The molecule has 25 heavy (non-hydrogen) atoms. The molecule has 1 heterocycles. The number of hydrogen-bond acceptors (Lipinski definition) is 3. The predicted molar refractivity (Wildman–Crippen MR) is 102 cm³/mol. The molecule has 2 aromatic rings. The average Bonchev–Trinajstić information content (AvgIpc) is 3.41. The number of benzene rings is 1. The lowest BCUT2D eigenvalue weighted by molar-refractivity contribution is 0.0950. The molecule has 0 spiro atoms. The number of ether oxygens (including phenoxy) is 1. The maximum atomic E-state index is 12.9. The number of likely N-dealkylation sites (N-methyl/N-ethyl adjacent to an activating group) is 1. The summed E-state index contributed by atoms with van der Waals surface area (Å²) in [4.78, 5) is 15.2. The normalized spacial score (nSPS) is 14.3. The minimum Gasteiger partial charge on any atom is -0.497 e. The summed E-state index contributed by atoms with van der Waals surface area (Å²) in [5, 5.41) is 4.07. The van der Waals surface area contributed by atoms with E-state index in [2.05, 4.69) is 34.8 Å². The van der Waals surface area contributed by atoms with Gasteiger partial charge in [-0.3, -0.25) is 4.79 Å². The van der Waals surface area contributed by atoms with Gasteiger partial charge in [0, 0.05) is 42.3 Å². The van der Waals surface area contributed by atoms with E-state index in [1.165, 1.54) is 12.8 Å². The van der Waals surface area contributed by atoms with Crippen LogP contribution in [-0.2, 0) is 6.54 Å². The summed E-state index contributed by atoms with van der Waals surface area (Å²) in [6.07, 6.45) is 3.60. The first-order valence-electron chi connectivity index (χ1n) is 9.22. The Balaban J connectivity index is 1.84. The third kappa shape index (κ3) is 3.66. The number of nitrogens with zero attached hydrogens (tertiary/aromatic N) is 2. The van der Waals surface area contributed by atoms with Gasteiger partial charge in [-0.25, -0.2) is 0 Å². The lowest BCUT2D eigenvalue weighted by Crippen LogP contribution is -2.34. The van der Waals surface area contributed by atoms with Crippen LogP contribution in [0.1, 0.15) is 42.2 Å². The fourth-order valence-electron chi connectivity index (χ4n) is 3.52. The third-order valence-corrected chi connectivity index (χ3v) is 5.13. The summed E-state index contributed by atoms with van der Waals surface area (Å²) < 4.78 is 7.60. The highest BCUT2D eigenvalue weighted by Crippen LogP contribution is 2.30. The second-order valence-electron chi connectivity index (χ2n) is 6.96. The molecule has 1 N–H and O–H groups in total. The van der Waals surface area contributed by atoms with Crippen molar-refractivity contribution in [3.05, 3.63) is 29.5 Å². The second-order valence-corrected chi connectivity index (χ2v) is 6.96. The van der Waals surface area contributed by atoms with E-state index in [1.807, 2.05) is 19.1 Å². The minimum atomic E-state index is 0.00908. The van der Waals surface area contributed by atoms with Gasteiger partial charge >= 0.3 is 0 Å². The van der Waals surface area contributed by atoms with Crippen LogP contribution >= 0.6 is 0 Å². The van der Waals surface area contributed by atoms with Crippen LogP contribution in [0.5, 0.6) is 5.75 Å². The third-order valence-electron chi connectivity index (χ3n) is 5.13. The molecule has 0 radical (unpaired) electrons. The number of aromatic nitrogens is 1. The van der Waals surface area contributed by atoms with Gasteiger partial charge in [0.1, 0.15) is 5.75 Å². The summed E-state index contributed by atoms with van der Waals surface area (Å²) in [6, 6.07) is 6.70. The number of methoxy groups -OCH3 is 1. The first-order chi connectivity index (χ1) is 12.1. The quantitative estimate of drug-likeness (QED) is 0.801. The van der Waals surface area contributed by atoms with Crippen LogP contribution in [0.15, 0.2) is 18.2 Å². The van der Waals surface area contributed by atoms with Crippen molar-refractivity contribution in [3.63, 3.8) is 0 Å². The number of rotatable bonds is 8. The van der Waals surface area contributed by atoms with E-state index in [9.17, 15) is 4.79 Å². The molecule has 5 nitrogen and oxygen atoms in total. The van der Waals surface area contributed by atoms with Crippen LogP contribution in [0.2, 0.25) is 0 Å². The molecule has 1 amide bonds. The van der Waals surface area contributed by atoms with Crippen molar-refractivity contribution in [3.8, 4) is 5.75 Å². The van der Waals surface area contributed by atoms with Crippen LogP contribution < -0.4 is 10.1 Å². The molecular formula is C20H29N3O2. The molecule has 1 aliphatic carbocycles. The number of carbonyl (C=O) groups is 1. The van der Waals surface area contributed by atoms with Crippen molar-refractivity contribution in [1.29, 1.82) is 0 Å². The van der Waals surface area contributed by atoms with Crippen molar-refractivity contribution in [1.82, 2.24) is 14.8 Å². The SMILES string of the molecule is CCCn1c(C)c(C(=O)NCCN(C)C2CC2)c2cc(OC)ccc21. The Bertz CT molecular complexity index is 762. The molecular weight excluding hydrogens is 314 g/mol. The van der Waals surface area contributed by atoms with Crippen molar-refractivity contribution in [2.24, 2.45) is 0 Å². The molecule has 0 atom stereocenters. The molecule has 1 aliphatic rings. The summed E-state index contributed by atoms with van der Waals surface area (Å²) in [5.74, 6) is 0.790. The van der Waals surface area contributed by atoms with Crippen molar-refractivity contribution < 1.29 is 9.53 Å². The van der Waals surface area contributed by atoms with E-state index in [0.717, 1.165) is 53.5 Å². The van der Waals surface area contributed by atoms with Gasteiger partial charge < -0.3 is 19.5 Å². The monoisotopic (exact) mass is 343 g/mol.